The molecule has 9 nitrogen and oxygen atoms in total. The van der Waals surface area contributed by atoms with Crippen molar-refractivity contribution in [2.45, 2.75) is 32.2 Å². The van der Waals surface area contributed by atoms with Gasteiger partial charge in [0, 0.05) is 42.6 Å². The van der Waals surface area contributed by atoms with Crippen molar-refractivity contribution in [1.29, 1.82) is 5.26 Å². The average Bonchev–Trinajstić information content (AvgIpc) is 3.47. The molecule has 0 unspecified atom stereocenters. The van der Waals surface area contributed by atoms with Crippen LogP contribution < -0.4 is 5.73 Å². The molecule has 3 aromatic heterocycles. The number of nitrogens with two attached hydrogens (primary N) is 1. The lowest BCUT2D eigenvalue weighted by molar-refractivity contribution is -0.129. The number of aromatic nitrogens is 5. The van der Waals surface area contributed by atoms with E-state index in [4.69, 9.17) is 10.8 Å². The minimum atomic E-state index is 0.113. The Hall–Kier alpha value is -4.71. The number of nitrogens with zero attached hydrogens (tertiary/aromatic N) is 7. The van der Waals surface area contributed by atoms with E-state index in [0.29, 0.717) is 18.1 Å². The molecule has 2 aromatic carbocycles. The van der Waals surface area contributed by atoms with Gasteiger partial charge >= 0.3 is 0 Å². The number of hydrogen-bond acceptors (Lipinski definition) is 6. The molecule has 1 aliphatic heterocycles. The summed E-state index contributed by atoms with van der Waals surface area (Å²) in [6.07, 6.45) is 3.21. The van der Waals surface area contributed by atoms with Crippen LogP contribution in [0.2, 0.25) is 0 Å². The molecule has 1 aliphatic rings. The van der Waals surface area contributed by atoms with Crippen molar-refractivity contribution in [3.8, 4) is 17.2 Å². The Bertz CT molecular complexity index is 1670. The summed E-state index contributed by atoms with van der Waals surface area (Å²) in [6.45, 7) is 3.59. The van der Waals surface area contributed by atoms with E-state index >= 15 is 0 Å². The van der Waals surface area contributed by atoms with Crippen molar-refractivity contribution in [2.75, 3.05) is 18.8 Å². The van der Waals surface area contributed by atoms with Crippen molar-refractivity contribution >= 4 is 28.1 Å². The topological polar surface area (TPSA) is 118 Å². The number of rotatable bonds is 4. The fourth-order valence-corrected chi connectivity index (χ4v) is 5.38. The van der Waals surface area contributed by atoms with Crippen molar-refractivity contribution in [1.82, 2.24) is 29.3 Å². The number of nitriles is 1. The molecule has 1 amide bonds. The third-order valence-electron chi connectivity index (χ3n) is 7.30. The van der Waals surface area contributed by atoms with E-state index in [0.717, 1.165) is 64.7 Å². The van der Waals surface area contributed by atoms with Gasteiger partial charge in [-0.1, -0.05) is 36.4 Å². The van der Waals surface area contributed by atoms with Gasteiger partial charge in [-0.2, -0.15) is 15.5 Å². The molecule has 4 heterocycles. The van der Waals surface area contributed by atoms with Crippen LogP contribution in [0.25, 0.3) is 27.5 Å². The van der Waals surface area contributed by atoms with E-state index in [1.807, 2.05) is 57.9 Å². The monoisotopic (exact) mass is 490 g/mol. The van der Waals surface area contributed by atoms with Gasteiger partial charge in [0.05, 0.1) is 12.1 Å². The first-order valence-corrected chi connectivity index (χ1v) is 12.4. The van der Waals surface area contributed by atoms with Crippen LogP contribution in [0.4, 0.5) is 5.82 Å². The molecular formula is C28H26N8O. The minimum absolute atomic E-state index is 0.113. The zero-order chi connectivity index (χ0) is 25.5. The van der Waals surface area contributed by atoms with Crippen molar-refractivity contribution in [3.05, 3.63) is 77.9 Å². The second-order valence-electron chi connectivity index (χ2n) is 9.50. The summed E-state index contributed by atoms with van der Waals surface area (Å²) in [6, 6.07) is 20.4. The summed E-state index contributed by atoms with van der Waals surface area (Å²) in [7, 11) is 0. The molecule has 1 saturated heterocycles. The second-order valence-corrected chi connectivity index (χ2v) is 9.50. The molecule has 2 N–H and O–H groups in total. The third-order valence-corrected chi connectivity index (χ3v) is 7.30. The summed E-state index contributed by atoms with van der Waals surface area (Å²) >= 11 is 0. The standard InChI is InChI=1S/C28H26N8O/c1-18(37)34-11-9-20(10-12-34)25-14-23(27-28(30)31-17-32-36(25)27)21-7-8-22-24(13-21)33-35(26(22)15-29)16-19-5-3-2-4-6-19/h2-8,13-14,17,20H,9-12,16H2,1H3,(H2,30,31,32). The quantitative estimate of drug-likeness (QED) is 0.407. The zero-order valence-corrected chi connectivity index (χ0v) is 20.5. The molecule has 0 radical (unpaired) electrons. The Kier molecular flexibility index (Phi) is 5.57. The van der Waals surface area contributed by atoms with Crippen LogP contribution in [0.5, 0.6) is 0 Å². The first-order chi connectivity index (χ1) is 18.0. The Labute approximate surface area is 213 Å². The van der Waals surface area contributed by atoms with E-state index in [1.165, 1.54) is 6.33 Å². The maximum Gasteiger partial charge on any atom is 0.219 e. The Morgan fingerprint density at radius 3 is 2.65 bits per heavy atom. The molecular weight excluding hydrogens is 464 g/mol. The lowest BCUT2D eigenvalue weighted by Gasteiger charge is -2.31. The lowest BCUT2D eigenvalue weighted by atomic mass is 9.93. The molecule has 0 bridgehead atoms. The first-order valence-electron chi connectivity index (χ1n) is 12.4. The highest BCUT2D eigenvalue weighted by molar-refractivity contribution is 5.94. The number of anilines is 1. The molecule has 0 saturated carbocycles. The van der Waals surface area contributed by atoms with E-state index in [9.17, 15) is 10.1 Å². The fraction of sp³-hybridized carbons (Fsp3) is 0.250. The molecule has 184 valence electrons. The third kappa shape index (κ3) is 3.96. The minimum Gasteiger partial charge on any atom is -0.382 e. The van der Waals surface area contributed by atoms with E-state index in [-0.39, 0.29) is 11.8 Å². The van der Waals surface area contributed by atoms with E-state index in [2.05, 4.69) is 22.2 Å². The van der Waals surface area contributed by atoms with Crippen LogP contribution in [-0.4, -0.2) is 48.3 Å². The zero-order valence-electron chi connectivity index (χ0n) is 20.5. The van der Waals surface area contributed by atoms with Gasteiger partial charge < -0.3 is 10.6 Å². The normalized spacial score (nSPS) is 14.3. The predicted octanol–water partition coefficient (Wildman–Crippen LogP) is 3.97. The molecule has 0 aliphatic carbocycles. The number of hydrogen-bond donors (Lipinski definition) is 1. The van der Waals surface area contributed by atoms with Gasteiger partial charge in [-0.15, -0.1) is 0 Å². The summed E-state index contributed by atoms with van der Waals surface area (Å²) in [5.41, 5.74) is 12.4. The summed E-state index contributed by atoms with van der Waals surface area (Å²) in [5.74, 6) is 0.775. The van der Waals surface area contributed by atoms with Crippen LogP contribution in [0.1, 0.15) is 42.6 Å². The van der Waals surface area contributed by atoms with Gasteiger partial charge in [0.1, 0.15) is 23.6 Å². The van der Waals surface area contributed by atoms with Gasteiger partial charge in [-0.25, -0.2) is 14.2 Å². The van der Waals surface area contributed by atoms with Crippen molar-refractivity contribution in [2.24, 2.45) is 0 Å². The fourth-order valence-electron chi connectivity index (χ4n) is 5.38. The number of fused-ring (bicyclic) bond motifs is 2. The Morgan fingerprint density at radius 1 is 1.14 bits per heavy atom. The largest absolute Gasteiger partial charge is 0.382 e. The van der Waals surface area contributed by atoms with Crippen LogP contribution in [0, 0.1) is 11.3 Å². The van der Waals surface area contributed by atoms with E-state index in [1.54, 1.807) is 11.6 Å². The molecule has 37 heavy (non-hydrogen) atoms. The molecule has 9 heteroatoms. The van der Waals surface area contributed by atoms with Gasteiger partial charge in [0.2, 0.25) is 5.91 Å². The number of likely N-dealkylation sites (tertiary alicyclic amines) is 1. The lowest BCUT2D eigenvalue weighted by Crippen LogP contribution is -2.36. The van der Waals surface area contributed by atoms with Crippen molar-refractivity contribution in [3.63, 3.8) is 0 Å². The predicted molar refractivity (Wildman–Crippen MR) is 141 cm³/mol. The van der Waals surface area contributed by atoms with Gasteiger partial charge in [0.25, 0.3) is 0 Å². The van der Waals surface area contributed by atoms with Gasteiger partial charge in [-0.3, -0.25) is 4.79 Å². The summed E-state index contributed by atoms with van der Waals surface area (Å²) in [4.78, 5) is 18.0. The smallest absolute Gasteiger partial charge is 0.219 e. The first kappa shape index (κ1) is 22.7. The highest BCUT2D eigenvalue weighted by Crippen LogP contribution is 2.37. The van der Waals surface area contributed by atoms with Gasteiger partial charge in [0.15, 0.2) is 5.82 Å². The number of carbonyl (C=O) groups is 1. The molecule has 0 spiro atoms. The molecule has 6 rings (SSSR count). The number of nitrogen functional groups attached to an aromatic ring is 1. The van der Waals surface area contributed by atoms with Crippen LogP contribution in [0.3, 0.4) is 0 Å². The maximum absolute atomic E-state index is 11.8. The number of carbonyl (C=O) groups excluding carboxylic acids is 1. The highest BCUT2D eigenvalue weighted by Gasteiger charge is 2.27. The SMILES string of the molecule is CC(=O)N1CCC(c2cc(-c3ccc4c(C#N)n(Cc5ccccc5)nc4c3)c3c(N)ncnn23)CC1. The molecule has 5 aromatic rings. The van der Waals surface area contributed by atoms with E-state index < -0.39 is 0 Å². The Morgan fingerprint density at radius 2 is 1.92 bits per heavy atom. The number of amides is 1. The Balaban J connectivity index is 1.42. The van der Waals surface area contributed by atoms with Crippen LogP contribution >= 0.6 is 0 Å². The molecule has 1 fully saturated rings. The maximum atomic E-state index is 11.8. The molecule has 0 atom stereocenters. The second kappa shape index (κ2) is 9.06. The summed E-state index contributed by atoms with van der Waals surface area (Å²) < 4.78 is 3.65. The number of benzene rings is 2. The summed E-state index contributed by atoms with van der Waals surface area (Å²) in [5, 5.41) is 20.0. The van der Waals surface area contributed by atoms with Gasteiger partial charge in [-0.05, 0) is 42.2 Å². The van der Waals surface area contributed by atoms with Crippen LogP contribution in [0.15, 0.2) is 60.9 Å². The highest BCUT2D eigenvalue weighted by atomic mass is 16.2. The number of piperidine rings is 1. The van der Waals surface area contributed by atoms with Crippen LogP contribution in [-0.2, 0) is 11.3 Å². The average molecular weight is 491 g/mol. The van der Waals surface area contributed by atoms with Crippen molar-refractivity contribution < 1.29 is 4.79 Å².